The zero-order chi connectivity index (χ0) is 12.2. The first kappa shape index (κ1) is 11.6. The van der Waals surface area contributed by atoms with Crippen LogP contribution in [0.4, 0.5) is 0 Å². The minimum Gasteiger partial charge on any atom is -0.282 e. The van der Waals surface area contributed by atoms with Crippen LogP contribution in [0, 0.1) is 3.57 Å². The van der Waals surface area contributed by atoms with Crippen LogP contribution in [-0.4, -0.2) is 59.2 Å². The van der Waals surface area contributed by atoms with Gasteiger partial charge in [-0.05, 0) is 28.7 Å². The molecule has 0 unspecified atom stereocenters. The molecular formula is C13H18IN4+. The normalized spacial score (nSPS) is 41.3. The van der Waals surface area contributed by atoms with E-state index < -0.39 is 0 Å². The van der Waals surface area contributed by atoms with E-state index in [2.05, 4.69) is 61.6 Å². The van der Waals surface area contributed by atoms with Gasteiger partial charge in [0.1, 0.15) is 26.6 Å². The van der Waals surface area contributed by atoms with Gasteiger partial charge >= 0.3 is 0 Å². The summed E-state index contributed by atoms with van der Waals surface area (Å²) in [4.78, 5) is 7.73. The van der Waals surface area contributed by atoms with Crippen molar-refractivity contribution in [1.29, 1.82) is 0 Å². The first-order valence-corrected chi connectivity index (χ1v) is 7.56. The summed E-state index contributed by atoms with van der Waals surface area (Å²) in [5.41, 5.74) is 1.50. The Morgan fingerprint density at radius 1 is 0.944 bits per heavy atom. The zero-order valence-corrected chi connectivity index (χ0v) is 12.6. The molecule has 5 heteroatoms. The molecule has 4 bridgehead atoms. The molecule has 4 aliphatic heterocycles. The summed E-state index contributed by atoms with van der Waals surface area (Å²) in [7, 11) is 0. The second-order valence-corrected chi connectivity index (χ2v) is 7.11. The lowest BCUT2D eigenvalue weighted by atomic mass is 10.1. The number of rotatable bonds is 2. The Labute approximate surface area is 121 Å². The van der Waals surface area contributed by atoms with Crippen molar-refractivity contribution < 1.29 is 4.48 Å². The van der Waals surface area contributed by atoms with Gasteiger partial charge in [0.05, 0.1) is 20.0 Å². The molecule has 0 atom stereocenters. The lowest BCUT2D eigenvalue weighted by Gasteiger charge is -2.60. The number of benzene rings is 1. The lowest BCUT2D eigenvalue weighted by molar-refractivity contribution is -0.991. The standard InChI is InChI=1S/C13H18IN4/c14-13-4-2-1-3-12(13)5-18-9-15-6-16(10-18)8-17(7-15)11-18/h1-4H,5-11H2/q+1. The molecule has 4 fully saturated rings. The van der Waals surface area contributed by atoms with Crippen LogP contribution >= 0.6 is 22.6 Å². The van der Waals surface area contributed by atoms with E-state index in [1.165, 1.54) is 60.2 Å². The fourth-order valence-corrected chi connectivity index (χ4v) is 4.35. The predicted molar refractivity (Wildman–Crippen MR) is 77.8 cm³/mol. The highest BCUT2D eigenvalue weighted by Crippen LogP contribution is 2.31. The van der Waals surface area contributed by atoms with Crippen LogP contribution in [0.1, 0.15) is 5.56 Å². The van der Waals surface area contributed by atoms with Crippen molar-refractivity contribution in [2.75, 3.05) is 40.0 Å². The van der Waals surface area contributed by atoms with Crippen molar-refractivity contribution in [1.82, 2.24) is 14.7 Å². The fourth-order valence-electron chi connectivity index (χ4n) is 3.80. The summed E-state index contributed by atoms with van der Waals surface area (Å²) in [5, 5.41) is 0. The molecule has 1 aromatic rings. The summed E-state index contributed by atoms with van der Waals surface area (Å²) >= 11 is 2.47. The maximum atomic E-state index is 2.58. The Hall–Kier alpha value is -0.210. The minimum absolute atomic E-state index is 1.17. The van der Waals surface area contributed by atoms with Gasteiger partial charge in [-0.2, -0.15) is 0 Å². The molecule has 0 N–H and O–H groups in total. The van der Waals surface area contributed by atoms with Gasteiger partial charge in [-0.25, -0.2) is 14.7 Å². The summed E-state index contributed by atoms with van der Waals surface area (Å²) in [6.45, 7) is 8.34. The van der Waals surface area contributed by atoms with E-state index in [-0.39, 0.29) is 0 Å². The van der Waals surface area contributed by atoms with Gasteiger partial charge in [0.2, 0.25) is 0 Å². The summed E-state index contributed by atoms with van der Waals surface area (Å²) in [5.74, 6) is 0. The molecule has 0 amide bonds. The zero-order valence-electron chi connectivity index (χ0n) is 10.4. The average Bonchev–Trinajstić information content (AvgIpc) is 2.30. The van der Waals surface area contributed by atoms with Crippen LogP contribution in [-0.2, 0) is 6.54 Å². The van der Waals surface area contributed by atoms with Gasteiger partial charge in [0, 0.05) is 9.13 Å². The molecule has 4 saturated heterocycles. The number of hydrogen-bond acceptors (Lipinski definition) is 3. The minimum atomic E-state index is 1.17. The Morgan fingerprint density at radius 3 is 2.06 bits per heavy atom. The van der Waals surface area contributed by atoms with E-state index in [0.717, 1.165) is 0 Å². The van der Waals surface area contributed by atoms with Crippen molar-refractivity contribution in [2.45, 2.75) is 6.54 Å². The van der Waals surface area contributed by atoms with Gasteiger partial charge in [-0.3, -0.25) is 4.48 Å². The predicted octanol–water partition coefficient (Wildman–Crippen LogP) is 1.30. The molecule has 96 valence electrons. The highest BCUT2D eigenvalue weighted by atomic mass is 127. The molecule has 5 rings (SSSR count). The summed E-state index contributed by atoms with van der Waals surface area (Å²) < 4.78 is 2.60. The highest BCUT2D eigenvalue weighted by molar-refractivity contribution is 14.1. The fraction of sp³-hybridized carbons (Fsp3) is 0.538. The third-order valence-corrected chi connectivity index (χ3v) is 5.22. The molecule has 0 aromatic heterocycles. The number of nitrogens with zero attached hydrogens (tertiary/aromatic N) is 4. The molecule has 1 aromatic carbocycles. The maximum absolute atomic E-state index is 2.58. The van der Waals surface area contributed by atoms with Crippen molar-refractivity contribution in [2.24, 2.45) is 0 Å². The SMILES string of the molecule is Ic1ccccc1C[N+]12CN3CN(CN(C3)C1)C2. The second kappa shape index (κ2) is 4.14. The van der Waals surface area contributed by atoms with Crippen molar-refractivity contribution in [3.8, 4) is 0 Å². The highest BCUT2D eigenvalue weighted by Gasteiger charge is 2.48. The topological polar surface area (TPSA) is 9.72 Å². The largest absolute Gasteiger partial charge is 0.282 e. The van der Waals surface area contributed by atoms with Gasteiger partial charge in [-0.15, -0.1) is 0 Å². The summed E-state index contributed by atoms with van der Waals surface area (Å²) in [6, 6.07) is 8.82. The smallest absolute Gasteiger partial charge is 0.139 e. The van der Waals surface area contributed by atoms with E-state index in [1.54, 1.807) is 0 Å². The van der Waals surface area contributed by atoms with Crippen LogP contribution in [0.25, 0.3) is 0 Å². The average molecular weight is 357 g/mol. The van der Waals surface area contributed by atoms with Crippen LogP contribution in [0.15, 0.2) is 24.3 Å². The van der Waals surface area contributed by atoms with Crippen molar-refractivity contribution >= 4 is 22.6 Å². The van der Waals surface area contributed by atoms with Crippen LogP contribution < -0.4 is 0 Å². The van der Waals surface area contributed by atoms with Crippen molar-refractivity contribution in [3.63, 3.8) is 0 Å². The van der Waals surface area contributed by atoms with E-state index in [9.17, 15) is 0 Å². The second-order valence-electron chi connectivity index (χ2n) is 5.95. The first-order valence-electron chi connectivity index (χ1n) is 6.48. The van der Waals surface area contributed by atoms with Gasteiger partial charge in [-0.1, -0.05) is 18.2 Å². The molecule has 0 radical (unpaired) electrons. The van der Waals surface area contributed by atoms with Gasteiger partial charge in [0.15, 0.2) is 0 Å². The molecular weight excluding hydrogens is 339 g/mol. The monoisotopic (exact) mass is 357 g/mol. The number of quaternary nitrogens is 1. The van der Waals surface area contributed by atoms with E-state index in [4.69, 9.17) is 0 Å². The van der Waals surface area contributed by atoms with Crippen molar-refractivity contribution in [3.05, 3.63) is 33.4 Å². The van der Waals surface area contributed by atoms with Crippen LogP contribution in [0.2, 0.25) is 0 Å². The number of halogens is 1. The van der Waals surface area contributed by atoms with Crippen LogP contribution in [0.5, 0.6) is 0 Å². The third kappa shape index (κ3) is 1.89. The van der Waals surface area contributed by atoms with Gasteiger partial charge in [0.25, 0.3) is 0 Å². The Morgan fingerprint density at radius 2 is 1.50 bits per heavy atom. The molecule has 0 spiro atoms. The quantitative estimate of drug-likeness (QED) is 0.584. The molecule has 4 heterocycles. The molecule has 18 heavy (non-hydrogen) atoms. The molecule has 4 nitrogen and oxygen atoms in total. The van der Waals surface area contributed by atoms with E-state index in [1.807, 2.05) is 0 Å². The maximum Gasteiger partial charge on any atom is 0.139 e. The van der Waals surface area contributed by atoms with E-state index in [0.29, 0.717) is 0 Å². The van der Waals surface area contributed by atoms with E-state index >= 15 is 0 Å². The lowest BCUT2D eigenvalue weighted by Crippen LogP contribution is -2.78. The first-order chi connectivity index (χ1) is 8.72. The third-order valence-electron chi connectivity index (χ3n) is 4.16. The van der Waals surface area contributed by atoms with Gasteiger partial charge < -0.3 is 0 Å². The summed E-state index contributed by atoms with van der Waals surface area (Å²) in [6.07, 6.45) is 0. The molecule has 0 saturated carbocycles. The number of hydrogen-bond donors (Lipinski definition) is 0. The van der Waals surface area contributed by atoms with Crippen LogP contribution in [0.3, 0.4) is 0 Å². The molecule has 4 aliphatic rings. The Bertz CT molecular complexity index is 441. The Balaban J connectivity index is 1.63. The Kier molecular flexibility index (Phi) is 2.67. The molecule has 0 aliphatic carbocycles.